The van der Waals surface area contributed by atoms with Crippen molar-refractivity contribution in [2.24, 2.45) is 5.92 Å². The number of benzene rings is 1. The van der Waals surface area contributed by atoms with Gasteiger partial charge in [0, 0.05) is 19.0 Å². The third-order valence-electron chi connectivity index (χ3n) is 3.79. The molecule has 0 aliphatic carbocycles. The maximum atomic E-state index is 12.1. The zero-order chi connectivity index (χ0) is 16.9. The number of piperidine rings is 1. The summed E-state index contributed by atoms with van der Waals surface area (Å²) in [5, 5.41) is 3.35. The molecular formula is C15H21ClN2O4S. The summed E-state index contributed by atoms with van der Waals surface area (Å²) in [5.41, 5.74) is 0. The highest BCUT2D eigenvalue weighted by atomic mass is 35.5. The number of nitrogens with one attached hydrogen (secondary N) is 1. The van der Waals surface area contributed by atoms with Gasteiger partial charge in [0.1, 0.15) is 12.4 Å². The molecule has 1 aromatic carbocycles. The third-order valence-corrected chi connectivity index (χ3v) is 5.40. The normalized spacial score (nSPS) is 17.0. The summed E-state index contributed by atoms with van der Waals surface area (Å²) in [4.78, 5) is 12.1. The van der Waals surface area contributed by atoms with Crippen molar-refractivity contribution < 1.29 is 17.9 Å². The lowest BCUT2D eigenvalue weighted by Crippen LogP contribution is -2.43. The number of halogens is 1. The molecule has 1 amide bonds. The minimum Gasteiger partial charge on any atom is -0.490 e. The summed E-state index contributed by atoms with van der Waals surface area (Å²) in [5.74, 6) is 0.388. The van der Waals surface area contributed by atoms with Crippen LogP contribution in [-0.2, 0) is 14.8 Å². The lowest BCUT2D eigenvalue weighted by atomic mass is 9.97. The number of para-hydroxylation sites is 1. The smallest absolute Gasteiger partial charge is 0.223 e. The average molecular weight is 361 g/mol. The van der Waals surface area contributed by atoms with E-state index in [9.17, 15) is 13.2 Å². The molecule has 0 bridgehead atoms. The number of hydrogen-bond donors (Lipinski definition) is 1. The van der Waals surface area contributed by atoms with Gasteiger partial charge in [-0.25, -0.2) is 12.7 Å². The van der Waals surface area contributed by atoms with Crippen molar-refractivity contribution in [2.75, 3.05) is 32.5 Å². The van der Waals surface area contributed by atoms with E-state index in [0.29, 0.717) is 49.9 Å². The first-order valence-corrected chi connectivity index (χ1v) is 9.70. The molecule has 1 N–H and O–H groups in total. The van der Waals surface area contributed by atoms with Gasteiger partial charge in [0.2, 0.25) is 15.9 Å². The minimum absolute atomic E-state index is 0.0547. The Hall–Kier alpha value is -1.31. The fourth-order valence-corrected chi connectivity index (χ4v) is 3.56. The predicted octanol–water partition coefficient (Wildman–Crippen LogP) is 1.51. The van der Waals surface area contributed by atoms with Gasteiger partial charge < -0.3 is 10.1 Å². The number of hydrogen-bond acceptors (Lipinski definition) is 4. The lowest BCUT2D eigenvalue weighted by molar-refractivity contribution is -0.126. The highest BCUT2D eigenvalue weighted by Crippen LogP contribution is 2.23. The number of ether oxygens (including phenoxy) is 1. The predicted molar refractivity (Wildman–Crippen MR) is 89.1 cm³/mol. The second-order valence-electron chi connectivity index (χ2n) is 5.51. The van der Waals surface area contributed by atoms with Crippen molar-refractivity contribution in [1.29, 1.82) is 0 Å². The Balaban J connectivity index is 1.69. The summed E-state index contributed by atoms with van der Waals surface area (Å²) < 4.78 is 29.8. The Kier molecular flexibility index (Phi) is 6.26. The van der Waals surface area contributed by atoms with E-state index in [-0.39, 0.29) is 11.8 Å². The number of nitrogens with zero attached hydrogens (tertiary/aromatic N) is 1. The molecule has 1 aromatic rings. The maximum Gasteiger partial charge on any atom is 0.223 e. The van der Waals surface area contributed by atoms with Crippen molar-refractivity contribution in [2.45, 2.75) is 12.8 Å². The van der Waals surface area contributed by atoms with E-state index in [1.165, 1.54) is 10.6 Å². The molecule has 8 heteroatoms. The molecule has 1 heterocycles. The van der Waals surface area contributed by atoms with Gasteiger partial charge in [0.25, 0.3) is 0 Å². The van der Waals surface area contributed by atoms with E-state index in [1.54, 1.807) is 12.1 Å². The largest absolute Gasteiger partial charge is 0.490 e. The Morgan fingerprint density at radius 3 is 2.61 bits per heavy atom. The third kappa shape index (κ3) is 5.37. The SMILES string of the molecule is CS(=O)(=O)N1CCC(C(=O)NCCOc2ccccc2Cl)CC1. The molecule has 0 atom stereocenters. The molecule has 128 valence electrons. The Morgan fingerprint density at radius 2 is 2.00 bits per heavy atom. The number of sulfonamides is 1. The summed E-state index contributed by atoms with van der Waals surface area (Å²) in [7, 11) is -3.16. The molecule has 6 nitrogen and oxygen atoms in total. The molecule has 0 saturated carbocycles. The Labute approximate surface area is 141 Å². The zero-order valence-electron chi connectivity index (χ0n) is 13.0. The van der Waals surface area contributed by atoms with Crippen molar-refractivity contribution in [3.05, 3.63) is 29.3 Å². The van der Waals surface area contributed by atoms with Gasteiger partial charge in [-0.3, -0.25) is 4.79 Å². The highest BCUT2D eigenvalue weighted by molar-refractivity contribution is 7.88. The van der Waals surface area contributed by atoms with Crippen LogP contribution in [-0.4, -0.2) is 51.1 Å². The molecule has 0 unspecified atom stereocenters. The van der Waals surface area contributed by atoms with Gasteiger partial charge in [0.05, 0.1) is 17.8 Å². The van der Waals surface area contributed by atoms with Crippen molar-refractivity contribution in [3.8, 4) is 5.75 Å². The number of rotatable bonds is 6. The van der Waals surface area contributed by atoms with Crippen LogP contribution in [0.2, 0.25) is 5.02 Å². The Morgan fingerprint density at radius 1 is 1.35 bits per heavy atom. The van der Waals surface area contributed by atoms with Crippen LogP contribution < -0.4 is 10.1 Å². The van der Waals surface area contributed by atoms with Crippen LogP contribution in [0.5, 0.6) is 5.75 Å². The summed E-state index contributed by atoms with van der Waals surface area (Å²) in [6.07, 6.45) is 2.29. The molecule has 0 radical (unpaired) electrons. The second kappa shape index (κ2) is 7.99. The monoisotopic (exact) mass is 360 g/mol. The van der Waals surface area contributed by atoms with E-state index >= 15 is 0 Å². The van der Waals surface area contributed by atoms with Crippen LogP contribution in [0, 0.1) is 5.92 Å². The van der Waals surface area contributed by atoms with Crippen LogP contribution in [0.1, 0.15) is 12.8 Å². The van der Waals surface area contributed by atoms with Gasteiger partial charge in [0.15, 0.2) is 0 Å². The molecule has 1 fully saturated rings. The summed E-state index contributed by atoms with van der Waals surface area (Å²) in [6, 6.07) is 7.16. The highest BCUT2D eigenvalue weighted by Gasteiger charge is 2.28. The standard InChI is InChI=1S/C15H21ClN2O4S/c1-23(20,21)18-9-6-12(7-10-18)15(19)17-8-11-22-14-5-3-2-4-13(14)16/h2-5,12H,6-11H2,1H3,(H,17,19). The minimum atomic E-state index is -3.16. The van der Waals surface area contributed by atoms with E-state index in [0.717, 1.165) is 0 Å². The molecule has 0 aromatic heterocycles. The van der Waals surface area contributed by atoms with Crippen LogP contribution in [0.15, 0.2) is 24.3 Å². The van der Waals surface area contributed by atoms with Gasteiger partial charge in [-0.15, -0.1) is 0 Å². The fraction of sp³-hybridized carbons (Fsp3) is 0.533. The quantitative estimate of drug-likeness (QED) is 0.780. The summed E-state index contributed by atoms with van der Waals surface area (Å²) in [6.45, 7) is 1.51. The summed E-state index contributed by atoms with van der Waals surface area (Å²) >= 11 is 5.97. The van der Waals surface area contributed by atoms with Crippen LogP contribution >= 0.6 is 11.6 Å². The van der Waals surface area contributed by atoms with Crippen LogP contribution in [0.3, 0.4) is 0 Å². The number of carbonyl (C=O) groups excluding carboxylic acids is 1. The molecular weight excluding hydrogens is 340 g/mol. The fourth-order valence-electron chi connectivity index (χ4n) is 2.49. The molecule has 23 heavy (non-hydrogen) atoms. The van der Waals surface area contributed by atoms with E-state index in [4.69, 9.17) is 16.3 Å². The first-order chi connectivity index (χ1) is 10.9. The second-order valence-corrected chi connectivity index (χ2v) is 7.90. The van der Waals surface area contributed by atoms with Crippen molar-refractivity contribution in [1.82, 2.24) is 9.62 Å². The zero-order valence-corrected chi connectivity index (χ0v) is 14.6. The maximum absolute atomic E-state index is 12.1. The molecule has 1 aliphatic rings. The van der Waals surface area contributed by atoms with E-state index in [2.05, 4.69) is 5.32 Å². The van der Waals surface area contributed by atoms with E-state index < -0.39 is 10.0 Å². The van der Waals surface area contributed by atoms with Gasteiger partial charge in [-0.1, -0.05) is 23.7 Å². The van der Waals surface area contributed by atoms with E-state index in [1.807, 2.05) is 12.1 Å². The van der Waals surface area contributed by atoms with Crippen LogP contribution in [0.25, 0.3) is 0 Å². The van der Waals surface area contributed by atoms with Crippen molar-refractivity contribution in [3.63, 3.8) is 0 Å². The van der Waals surface area contributed by atoms with Crippen LogP contribution in [0.4, 0.5) is 0 Å². The van der Waals surface area contributed by atoms with Gasteiger partial charge in [-0.2, -0.15) is 0 Å². The number of amides is 1. The molecule has 1 saturated heterocycles. The first-order valence-electron chi connectivity index (χ1n) is 7.48. The number of carbonyl (C=O) groups is 1. The lowest BCUT2D eigenvalue weighted by Gasteiger charge is -2.29. The molecule has 2 rings (SSSR count). The molecule has 0 spiro atoms. The van der Waals surface area contributed by atoms with Crippen molar-refractivity contribution >= 4 is 27.5 Å². The molecule has 1 aliphatic heterocycles. The van der Waals surface area contributed by atoms with Gasteiger partial charge >= 0.3 is 0 Å². The van der Waals surface area contributed by atoms with Gasteiger partial charge in [-0.05, 0) is 25.0 Å². The Bertz CT molecular complexity index is 643. The topological polar surface area (TPSA) is 75.7 Å². The first kappa shape index (κ1) is 18.0. The average Bonchev–Trinajstić information content (AvgIpc) is 2.52.